The molecule has 6 rings (SSSR count). The Morgan fingerprint density at radius 3 is 2.62 bits per heavy atom. The quantitative estimate of drug-likeness (QED) is 0.556. The third kappa shape index (κ3) is 2.16. The van der Waals surface area contributed by atoms with E-state index in [4.69, 9.17) is 18.6 Å². The summed E-state index contributed by atoms with van der Waals surface area (Å²) in [4.78, 5) is 37.8. The third-order valence-corrected chi connectivity index (χ3v) is 7.68. The lowest BCUT2D eigenvalue weighted by Gasteiger charge is -2.57. The summed E-state index contributed by atoms with van der Waals surface area (Å²) >= 11 is 0. The molecule has 29 heavy (non-hydrogen) atoms. The fourth-order valence-electron chi connectivity index (χ4n) is 6.61. The molecule has 0 radical (unpaired) electrons. The van der Waals surface area contributed by atoms with Crippen molar-refractivity contribution in [2.45, 2.75) is 58.8 Å². The molecule has 0 amide bonds. The van der Waals surface area contributed by atoms with Crippen molar-refractivity contribution in [3.63, 3.8) is 0 Å². The Hall–Kier alpha value is -2.57. The third-order valence-electron chi connectivity index (χ3n) is 7.68. The minimum Gasteiger partial charge on any atom is -0.472 e. The van der Waals surface area contributed by atoms with Crippen LogP contribution in [0.5, 0.6) is 0 Å². The first-order valence-corrected chi connectivity index (χ1v) is 10.0. The summed E-state index contributed by atoms with van der Waals surface area (Å²) in [5.41, 5.74) is 0.719. The zero-order valence-corrected chi connectivity index (χ0v) is 16.9. The number of hydrogen-bond donors (Lipinski definition) is 0. The van der Waals surface area contributed by atoms with Crippen molar-refractivity contribution in [3.8, 4) is 0 Å². The van der Waals surface area contributed by atoms with Crippen LogP contribution in [-0.4, -0.2) is 30.1 Å². The fourth-order valence-corrected chi connectivity index (χ4v) is 6.61. The van der Waals surface area contributed by atoms with Crippen molar-refractivity contribution < 1.29 is 33.0 Å². The molecule has 7 atom stereocenters. The molecule has 3 aliphatic heterocycles. The van der Waals surface area contributed by atoms with Gasteiger partial charge in [0.05, 0.1) is 23.9 Å². The number of ether oxygens (including phenoxy) is 3. The second-order valence-corrected chi connectivity index (χ2v) is 9.13. The van der Waals surface area contributed by atoms with Gasteiger partial charge in [0.25, 0.3) is 0 Å². The maximum Gasteiger partial charge on any atom is 0.334 e. The van der Waals surface area contributed by atoms with Crippen molar-refractivity contribution in [3.05, 3.63) is 35.3 Å². The Morgan fingerprint density at radius 1 is 1.24 bits per heavy atom. The number of fused-ring (bicyclic) bond motifs is 3. The van der Waals surface area contributed by atoms with E-state index in [2.05, 4.69) is 0 Å². The lowest BCUT2D eigenvalue weighted by atomic mass is 9.52. The van der Waals surface area contributed by atoms with Gasteiger partial charge < -0.3 is 18.6 Å². The lowest BCUT2D eigenvalue weighted by molar-refractivity contribution is -0.223. The highest BCUT2D eigenvalue weighted by Gasteiger charge is 2.75. The summed E-state index contributed by atoms with van der Waals surface area (Å²) in [6.45, 7) is 7.07. The van der Waals surface area contributed by atoms with E-state index in [1.54, 1.807) is 19.3 Å². The molecule has 2 saturated carbocycles. The van der Waals surface area contributed by atoms with Crippen molar-refractivity contribution in [2.24, 2.45) is 22.7 Å². The maximum absolute atomic E-state index is 12.9. The predicted molar refractivity (Wildman–Crippen MR) is 98.1 cm³/mol. The first kappa shape index (κ1) is 18.5. The SMILES string of the molecule is CC(=O)OC1C2C(=C(C)C(=O)OC2c2ccoc2)C2(C)C3CCC(C)(C(=O)O3)C12. The monoisotopic (exact) mass is 400 g/mol. The topological polar surface area (TPSA) is 92.0 Å². The van der Waals surface area contributed by atoms with Gasteiger partial charge in [-0.25, -0.2) is 4.79 Å². The molecule has 4 fully saturated rings. The van der Waals surface area contributed by atoms with Gasteiger partial charge in [-0.1, -0.05) is 6.92 Å². The van der Waals surface area contributed by atoms with Crippen molar-refractivity contribution in [1.29, 1.82) is 0 Å². The molecular weight excluding hydrogens is 376 g/mol. The molecule has 5 aliphatic rings. The molecule has 0 aromatic carbocycles. The highest BCUT2D eigenvalue weighted by atomic mass is 16.6. The molecule has 0 spiro atoms. The van der Waals surface area contributed by atoms with E-state index >= 15 is 0 Å². The molecule has 2 saturated heterocycles. The zero-order chi connectivity index (χ0) is 20.7. The average molecular weight is 400 g/mol. The Labute approximate surface area is 168 Å². The molecule has 4 heterocycles. The van der Waals surface area contributed by atoms with E-state index in [0.29, 0.717) is 17.6 Å². The van der Waals surface area contributed by atoms with E-state index in [1.165, 1.54) is 13.2 Å². The Balaban J connectivity index is 1.77. The Bertz CT molecular complexity index is 944. The Kier molecular flexibility index (Phi) is 3.65. The molecule has 7 unspecified atom stereocenters. The van der Waals surface area contributed by atoms with Crippen LogP contribution in [-0.2, 0) is 28.6 Å². The van der Waals surface area contributed by atoms with Crippen LogP contribution >= 0.6 is 0 Å². The summed E-state index contributed by atoms with van der Waals surface area (Å²) in [7, 11) is 0. The second kappa shape index (κ2) is 5.74. The second-order valence-electron chi connectivity index (χ2n) is 9.13. The molecule has 7 nitrogen and oxygen atoms in total. The summed E-state index contributed by atoms with van der Waals surface area (Å²) in [5.74, 6) is -1.75. The van der Waals surface area contributed by atoms with Gasteiger partial charge in [-0.05, 0) is 38.3 Å². The standard InChI is InChI=1S/C22H24O7/c1-10-15-14(16(29-19(10)24)12-6-8-26-9-12)17(27-11(2)23)18-21(3)7-5-13(22(15,18)4)28-20(21)25/h6,8-9,13-14,16-18H,5,7H2,1-4H3. The molecule has 7 heteroatoms. The highest BCUT2D eigenvalue weighted by Crippen LogP contribution is 2.70. The summed E-state index contributed by atoms with van der Waals surface area (Å²) in [5, 5.41) is 0. The molecule has 2 bridgehead atoms. The van der Waals surface area contributed by atoms with E-state index in [9.17, 15) is 14.4 Å². The number of carbonyl (C=O) groups is 3. The van der Waals surface area contributed by atoms with E-state index in [1.807, 2.05) is 13.8 Å². The van der Waals surface area contributed by atoms with Crippen LogP contribution in [0.15, 0.2) is 34.2 Å². The molecular formula is C22H24O7. The van der Waals surface area contributed by atoms with Gasteiger partial charge in [0.15, 0.2) is 0 Å². The van der Waals surface area contributed by atoms with E-state index < -0.39 is 40.9 Å². The number of furan rings is 1. The fraction of sp³-hybridized carbons (Fsp3) is 0.591. The van der Waals surface area contributed by atoms with Crippen molar-refractivity contribution >= 4 is 17.9 Å². The van der Waals surface area contributed by atoms with Crippen LogP contribution in [0.3, 0.4) is 0 Å². The molecule has 1 aromatic heterocycles. The lowest BCUT2D eigenvalue weighted by Crippen LogP contribution is -2.62. The smallest absolute Gasteiger partial charge is 0.334 e. The van der Waals surface area contributed by atoms with Crippen LogP contribution in [0, 0.1) is 22.7 Å². The molecule has 154 valence electrons. The van der Waals surface area contributed by atoms with Gasteiger partial charge in [-0.2, -0.15) is 0 Å². The Morgan fingerprint density at radius 2 is 2.00 bits per heavy atom. The van der Waals surface area contributed by atoms with Crippen LogP contribution in [0.25, 0.3) is 0 Å². The minimum atomic E-state index is -0.793. The van der Waals surface area contributed by atoms with Gasteiger partial charge in [0.2, 0.25) is 0 Å². The normalized spacial score (nSPS) is 42.8. The van der Waals surface area contributed by atoms with Gasteiger partial charge in [0, 0.05) is 29.4 Å². The first-order valence-electron chi connectivity index (χ1n) is 10.0. The van der Waals surface area contributed by atoms with Crippen molar-refractivity contribution in [2.75, 3.05) is 0 Å². The van der Waals surface area contributed by atoms with Gasteiger partial charge in [-0.3, -0.25) is 9.59 Å². The first-order chi connectivity index (χ1) is 13.7. The number of carbonyl (C=O) groups excluding carboxylic acids is 3. The number of hydrogen-bond acceptors (Lipinski definition) is 7. The van der Waals surface area contributed by atoms with Crippen LogP contribution in [0.2, 0.25) is 0 Å². The van der Waals surface area contributed by atoms with E-state index in [0.717, 1.165) is 12.0 Å². The van der Waals surface area contributed by atoms with Crippen LogP contribution in [0.1, 0.15) is 52.2 Å². The zero-order valence-electron chi connectivity index (χ0n) is 16.9. The summed E-state index contributed by atoms with van der Waals surface area (Å²) < 4.78 is 22.8. The highest BCUT2D eigenvalue weighted by molar-refractivity contribution is 5.91. The molecule has 0 N–H and O–H groups in total. The predicted octanol–water partition coefficient (Wildman–Crippen LogP) is 3.10. The summed E-state index contributed by atoms with van der Waals surface area (Å²) in [6.07, 6.45) is 2.85. The number of rotatable bonds is 2. The van der Waals surface area contributed by atoms with Gasteiger partial charge in [0.1, 0.15) is 18.3 Å². The number of esters is 3. The van der Waals surface area contributed by atoms with Crippen molar-refractivity contribution in [1.82, 2.24) is 0 Å². The van der Waals surface area contributed by atoms with Crippen LogP contribution < -0.4 is 0 Å². The maximum atomic E-state index is 12.9. The largest absolute Gasteiger partial charge is 0.472 e. The number of cyclic esters (lactones) is 1. The molecule has 2 aliphatic carbocycles. The van der Waals surface area contributed by atoms with Crippen LogP contribution in [0.4, 0.5) is 0 Å². The average Bonchev–Trinajstić information content (AvgIpc) is 3.26. The molecule has 1 aromatic rings. The van der Waals surface area contributed by atoms with Gasteiger partial charge >= 0.3 is 17.9 Å². The summed E-state index contributed by atoms with van der Waals surface area (Å²) in [6, 6.07) is 1.75. The minimum absolute atomic E-state index is 0.252. The van der Waals surface area contributed by atoms with Gasteiger partial charge in [-0.15, -0.1) is 0 Å². The van der Waals surface area contributed by atoms with E-state index in [-0.39, 0.29) is 18.0 Å².